The molecule has 140 valence electrons. The highest BCUT2D eigenvalue weighted by molar-refractivity contribution is 6.21. The number of hydrogen-bond donors (Lipinski definition) is 2. The van der Waals surface area contributed by atoms with Gasteiger partial charge in [0.05, 0.1) is 11.1 Å². The Kier molecular flexibility index (Phi) is 4.44. The van der Waals surface area contributed by atoms with Gasteiger partial charge in [-0.25, -0.2) is 0 Å². The molecule has 0 aliphatic carbocycles. The zero-order valence-electron chi connectivity index (χ0n) is 15.1. The van der Waals surface area contributed by atoms with E-state index in [2.05, 4.69) is 20.5 Å². The van der Waals surface area contributed by atoms with Crippen LogP contribution in [-0.4, -0.2) is 44.3 Å². The zero-order chi connectivity index (χ0) is 19.7. The molecule has 2 N–H and O–H groups in total. The number of aromatic amines is 1. The van der Waals surface area contributed by atoms with Crippen molar-refractivity contribution in [1.29, 1.82) is 0 Å². The summed E-state index contributed by atoms with van der Waals surface area (Å²) >= 11 is 0. The summed E-state index contributed by atoms with van der Waals surface area (Å²) in [5, 5.41) is 9.33. The SMILES string of the molecule is Cc1ccc(-c2nc(NC(=O)CCN3C(=O)c4ccccc4C3=O)n[nH]2)cc1. The second kappa shape index (κ2) is 7.07. The van der Waals surface area contributed by atoms with Gasteiger partial charge in [0.25, 0.3) is 11.8 Å². The predicted molar refractivity (Wildman–Crippen MR) is 102 cm³/mol. The summed E-state index contributed by atoms with van der Waals surface area (Å²) < 4.78 is 0. The summed E-state index contributed by atoms with van der Waals surface area (Å²) in [6, 6.07) is 14.3. The Hall–Kier alpha value is -3.81. The van der Waals surface area contributed by atoms with E-state index in [1.54, 1.807) is 24.3 Å². The summed E-state index contributed by atoms with van der Waals surface area (Å²) in [6.45, 7) is 1.98. The Bertz CT molecular complexity index is 1040. The molecule has 4 rings (SSSR count). The maximum atomic E-state index is 12.3. The number of imide groups is 1. The van der Waals surface area contributed by atoms with Gasteiger partial charge in [-0.05, 0) is 19.1 Å². The van der Waals surface area contributed by atoms with Crippen molar-refractivity contribution in [2.24, 2.45) is 0 Å². The zero-order valence-corrected chi connectivity index (χ0v) is 15.1. The van der Waals surface area contributed by atoms with Gasteiger partial charge in [-0.3, -0.25) is 29.7 Å². The molecule has 1 aromatic heterocycles. The van der Waals surface area contributed by atoms with E-state index in [0.717, 1.165) is 16.0 Å². The lowest BCUT2D eigenvalue weighted by Crippen LogP contribution is -2.33. The van der Waals surface area contributed by atoms with Gasteiger partial charge in [0.15, 0.2) is 5.82 Å². The summed E-state index contributed by atoms with van der Waals surface area (Å²) in [5.74, 6) is -0.467. The van der Waals surface area contributed by atoms with Crippen LogP contribution in [0.2, 0.25) is 0 Å². The summed E-state index contributed by atoms with van der Waals surface area (Å²) in [6.07, 6.45) is -0.0418. The van der Waals surface area contributed by atoms with E-state index in [1.807, 2.05) is 31.2 Å². The van der Waals surface area contributed by atoms with Crippen LogP contribution in [0.15, 0.2) is 48.5 Å². The molecule has 0 bridgehead atoms. The topological polar surface area (TPSA) is 108 Å². The highest BCUT2D eigenvalue weighted by atomic mass is 16.2. The predicted octanol–water partition coefficient (Wildman–Crippen LogP) is 2.40. The van der Waals surface area contributed by atoms with Gasteiger partial charge in [-0.1, -0.05) is 42.0 Å². The first-order valence-electron chi connectivity index (χ1n) is 8.77. The maximum Gasteiger partial charge on any atom is 0.261 e. The third-order valence-corrected chi connectivity index (χ3v) is 4.50. The minimum Gasteiger partial charge on any atom is -0.293 e. The van der Waals surface area contributed by atoms with Crippen LogP contribution >= 0.6 is 0 Å². The van der Waals surface area contributed by atoms with Crippen molar-refractivity contribution in [3.05, 3.63) is 65.2 Å². The number of carbonyl (C=O) groups excluding carboxylic acids is 3. The van der Waals surface area contributed by atoms with Crippen molar-refractivity contribution < 1.29 is 14.4 Å². The molecular weight excluding hydrogens is 358 g/mol. The lowest BCUT2D eigenvalue weighted by atomic mass is 10.1. The van der Waals surface area contributed by atoms with Crippen LogP contribution in [0.1, 0.15) is 32.7 Å². The van der Waals surface area contributed by atoms with Gasteiger partial charge in [0.1, 0.15) is 0 Å². The van der Waals surface area contributed by atoms with E-state index in [0.29, 0.717) is 17.0 Å². The van der Waals surface area contributed by atoms with Crippen molar-refractivity contribution in [3.63, 3.8) is 0 Å². The number of hydrogen-bond acceptors (Lipinski definition) is 5. The van der Waals surface area contributed by atoms with Crippen molar-refractivity contribution >= 4 is 23.7 Å². The largest absolute Gasteiger partial charge is 0.293 e. The van der Waals surface area contributed by atoms with Crippen LogP contribution in [0.25, 0.3) is 11.4 Å². The fourth-order valence-electron chi connectivity index (χ4n) is 3.00. The number of rotatable bonds is 5. The number of nitrogens with zero attached hydrogens (tertiary/aromatic N) is 3. The molecule has 0 saturated carbocycles. The monoisotopic (exact) mass is 375 g/mol. The highest BCUT2D eigenvalue weighted by Gasteiger charge is 2.34. The first-order valence-corrected chi connectivity index (χ1v) is 8.77. The molecule has 2 heterocycles. The molecule has 1 aliphatic heterocycles. The molecule has 0 atom stereocenters. The van der Waals surface area contributed by atoms with E-state index in [1.165, 1.54) is 0 Å². The molecule has 0 spiro atoms. The molecule has 0 radical (unpaired) electrons. The van der Waals surface area contributed by atoms with Crippen LogP contribution in [0.5, 0.6) is 0 Å². The Balaban J connectivity index is 1.36. The van der Waals surface area contributed by atoms with Gasteiger partial charge in [0, 0.05) is 18.5 Å². The average Bonchev–Trinajstić information content (AvgIpc) is 3.25. The van der Waals surface area contributed by atoms with Gasteiger partial charge in [0.2, 0.25) is 11.9 Å². The van der Waals surface area contributed by atoms with Crippen molar-refractivity contribution in [3.8, 4) is 11.4 Å². The Labute approximate surface area is 160 Å². The minimum atomic E-state index is -0.383. The molecule has 28 heavy (non-hydrogen) atoms. The lowest BCUT2D eigenvalue weighted by molar-refractivity contribution is -0.116. The fourth-order valence-corrected chi connectivity index (χ4v) is 3.00. The van der Waals surface area contributed by atoms with E-state index >= 15 is 0 Å². The normalized spacial score (nSPS) is 13.0. The van der Waals surface area contributed by atoms with E-state index < -0.39 is 0 Å². The molecule has 8 heteroatoms. The van der Waals surface area contributed by atoms with Crippen LogP contribution in [-0.2, 0) is 4.79 Å². The molecule has 8 nitrogen and oxygen atoms in total. The molecular formula is C20H17N5O3. The van der Waals surface area contributed by atoms with Gasteiger partial charge in [-0.2, -0.15) is 4.98 Å². The number of fused-ring (bicyclic) bond motifs is 1. The molecule has 3 aromatic rings. The molecule has 1 aliphatic rings. The fraction of sp³-hybridized carbons (Fsp3) is 0.150. The number of anilines is 1. The number of nitrogens with one attached hydrogen (secondary N) is 2. The van der Waals surface area contributed by atoms with Crippen molar-refractivity contribution in [2.75, 3.05) is 11.9 Å². The summed E-state index contributed by atoms with van der Waals surface area (Å²) in [7, 11) is 0. The van der Waals surface area contributed by atoms with Gasteiger partial charge >= 0.3 is 0 Å². The number of aromatic nitrogens is 3. The molecule has 2 aromatic carbocycles. The summed E-state index contributed by atoms with van der Waals surface area (Å²) in [4.78, 5) is 42.1. The second-order valence-corrected chi connectivity index (χ2v) is 6.48. The van der Waals surface area contributed by atoms with Crippen LogP contribution in [0.4, 0.5) is 5.95 Å². The van der Waals surface area contributed by atoms with Gasteiger partial charge < -0.3 is 0 Å². The van der Waals surface area contributed by atoms with Gasteiger partial charge in [-0.15, -0.1) is 5.10 Å². The number of amides is 3. The van der Waals surface area contributed by atoms with Crippen LogP contribution in [0.3, 0.4) is 0 Å². The Morgan fingerprint density at radius 2 is 1.68 bits per heavy atom. The van der Waals surface area contributed by atoms with Crippen LogP contribution in [0, 0.1) is 6.92 Å². The van der Waals surface area contributed by atoms with E-state index in [9.17, 15) is 14.4 Å². The molecule has 3 amide bonds. The third kappa shape index (κ3) is 3.27. The highest BCUT2D eigenvalue weighted by Crippen LogP contribution is 2.22. The van der Waals surface area contributed by atoms with E-state index in [4.69, 9.17) is 0 Å². The smallest absolute Gasteiger partial charge is 0.261 e. The lowest BCUT2D eigenvalue weighted by Gasteiger charge is -2.12. The van der Waals surface area contributed by atoms with Crippen molar-refractivity contribution in [2.45, 2.75) is 13.3 Å². The Morgan fingerprint density at radius 3 is 2.32 bits per heavy atom. The standard InChI is InChI=1S/C20H17N5O3/c1-12-6-8-13(9-7-12)17-22-20(24-23-17)21-16(26)10-11-25-18(27)14-4-2-3-5-15(14)19(25)28/h2-9H,10-11H2,1H3,(H2,21,22,23,24,26). The second-order valence-electron chi connectivity index (χ2n) is 6.48. The maximum absolute atomic E-state index is 12.3. The molecule has 0 fully saturated rings. The minimum absolute atomic E-state index is 0.00653. The van der Waals surface area contributed by atoms with Crippen molar-refractivity contribution in [1.82, 2.24) is 20.1 Å². The molecule has 0 unspecified atom stereocenters. The Morgan fingerprint density at radius 1 is 1.04 bits per heavy atom. The number of carbonyl (C=O) groups is 3. The number of aryl methyl sites for hydroxylation is 1. The third-order valence-electron chi connectivity index (χ3n) is 4.50. The summed E-state index contributed by atoms with van der Waals surface area (Å²) in [5.41, 5.74) is 2.71. The number of H-pyrrole nitrogens is 1. The first kappa shape index (κ1) is 17.6. The first-order chi connectivity index (χ1) is 13.5. The number of benzene rings is 2. The quantitative estimate of drug-likeness (QED) is 0.666. The molecule has 0 saturated heterocycles. The van der Waals surface area contributed by atoms with Crippen LogP contribution < -0.4 is 5.32 Å². The van der Waals surface area contributed by atoms with E-state index in [-0.39, 0.29) is 36.6 Å². The average molecular weight is 375 g/mol.